The van der Waals surface area contributed by atoms with Crippen LogP contribution in [0.1, 0.15) is 43.0 Å². The van der Waals surface area contributed by atoms with Gasteiger partial charge < -0.3 is 20.1 Å². The molecule has 0 aliphatic heterocycles. The Balaban J connectivity index is 2.02. The molecule has 0 aliphatic rings. The first-order valence-corrected chi connectivity index (χ1v) is 11.4. The first-order valence-electron chi connectivity index (χ1n) is 11.4. The zero-order valence-corrected chi connectivity index (χ0v) is 20.7. The molecule has 0 fully saturated rings. The summed E-state index contributed by atoms with van der Waals surface area (Å²) in [5.41, 5.74) is -0.770. The van der Waals surface area contributed by atoms with E-state index in [0.717, 1.165) is 36.4 Å². The smallest absolute Gasteiger partial charge is 0.416 e. The topological polar surface area (TPSA) is 76.7 Å². The molecule has 0 amide bonds. The van der Waals surface area contributed by atoms with Crippen molar-refractivity contribution in [2.45, 2.75) is 39.4 Å². The summed E-state index contributed by atoms with van der Waals surface area (Å²) in [5.74, 6) is -1.84. The summed E-state index contributed by atoms with van der Waals surface area (Å²) in [6.07, 6.45) is -5.95. The zero-order valence-electron chi connectivity index (χ0n) is 20.7. The van der Waals surface area contributed by atoms with E-state index >= 15 is 0 Å². The van der Waals surface area contributed by atoms with E-state index in [2.05, 4.69) is 10.6 Å². The molecule has 2 aromatic carbocycles. The number of hydrogen-bond donors (Lipinski definition) is 2. The highest BCUT2D eigenvalue weighted by Crippen LogP contribution is 2.33. The van der Waals surface area contributed by atoms with Crippen LogP contribution in [0.2, 0.25) is 0 Å². The number of halogens is 6. The molecule has 0 atom stereocenters. The number of carbonyl (C=O) groups is 2. The Bertz CT molecular complexity index is 1100. The lowest BCUT2D eigenvalue weighted by atomic mass is 10.1. The van der Waals surface area contributed by atoms with Gasteiger partial charge in [-0.3, -0.25) is 0 Å². The molecule has 206 valence electrons. The van der Waals surface area contributed by atoms with Gasteiger partial charge in [0.25, 0.3) is 0 Å². The molecule has 0 spiro atoms. The molecule has 0 saturated heterocycles. The zero-order chi connectivity index (χ0) is 28.5. The van der Waals surface area contributed by atoms with Crippen molar-refractivity contribution in [2.75, 3.05) is 23.7 Å². The van der Waals surface area contributed by atoms with Gasteiger partial charge in [0.05, 0.1) is 11.1 Å². The van der Waals surface area contributed by atoms with Crippen LogP contribution in [0.15, 0.2) is 48.6 Å². The van der Waals surface area contributed by atoms with E-state index in [1.54, 1.807) is 13.8 Å². The number of ether oxygens (including phenoxy) is 2. The molecule has 0 bridgehead atoms. The van der Waals surface area contributed by atoms with E-state index < -0.39 is 41.7 Å². The second-order valence-electron chi connectivity index (χ2n) is 7.77. The van der Waals surface area contributed by atoms with Gasteiger partial charge in [-0.25, -0.2) is 9.59 Å². The van der Waals surface area contributed by atoms with Crippen molar-refractivity contribution >= 4 is 35.5 Å². The van der Waals surface area contributed by atoms with Gasteiger partial charge in [-0.1, -0.05) is 12.1 Å². The van der Waals surface area contributed by atoms with Crippen LogP contribution in [-0.4, -0.2) is 31.3 Å². The minimum absolute atomic E-state index is 0.163. The third kappa shape index (κ3) is 9.16. The lowest BCUT2D eigenvalue weighted by Crippen LogP contribution is -2.19. The second-order valence-corrected chi connectivity index (χ2v) is 7.77. The Kier molecular flexibility index (Phi) is 10.4. The highest BCUT2D eigenvalue weighted by molar-refractivity contribution is 5.90. The van der Waals surface area contributed by atoms with Crippen molar-refractivity contribution < 1.29 is 45.4 Å². The fourth-order valence-corrected chi connectivity index (χ4v) is 3.19. The Morgan fingerprint density at radius 1 is 0.763 bits per heavy atom. The number of carbonyl (C=O) groups excluding carboxylic acids is 2. The summed E-state index contributed by atoms with van der Waals surface area (Å²) >= 11 is 0. The number of hydrogen-bond acceptors (Lipinski definition) is 6. The van der Waals surface area contributed by atoms with E-state index in [1.165, 1.54) is 31.2 Å². The second kappa shape index (κ2) is 13.0. The summed E-state index contributed by atoms with van der Waals surface area (Å²) in [6, 6.07) is 5.98. The number of nitrogens with one attached hydrogen (secondary N) is 2. The maximum absolute atomic E-state index is 13.0. The minimum atomic E-state index is -4.53. The third-order valence-electron chi connectivity index (χ3n) is 4.86. The molecular formula is C26H26F6N2O4. The fourth-order valence-electron chi connectivity index (χ4n) is 3.19. The summed E-state index contributed by atoms with van der Waals surface area (Å²) in [6.45, 7) is 5.35. The molecule has 0 unspecified atom stereocenters. The predicted molar refractivity (Wildman–Crippen MR) is 131 cm³/mol. The number of benzene rings is 2. The lowest BCUT2D eigenvalue weighted by Gasteiger charge is -2.14. The molecule has 0 aliphatic carbocycles. The summed E-state index contributed by atoms with van der Waals surface area (Å²) in [7, 11) is 0. The largest absolute Gasteiger partial charge is 0.422 e. The molecule has 12 heteroatoms. The molecule has 2 N–H and O–H groups in total. The summed E-state index contributed by atoms with van der Waals surface area (Å²) in [4.78, 5) is 24.2. The molecule has 2 aromatic rings. The molecule has 0 aromatic heterocycles. The van der Waals surface area contributed by atoms with Gasteiger partial charge in [0.2, 0.25) is 6.29 Å². The SMILES string of the molecule is CCNc1cc(C(F)(F)F)ccc1/C=C/C(=O)OC(C)OC(=O)/C=C/c1ccc(C(F)(F)F)cc1NCC. The van der Waals surface area contributed by atoms with Gasteiger partial charge in [-0.2, -0.15) is 26.3 Å². The third-order valence-corrected chi connectivity index (χ3v) is 4.86. The Morgan fingerprint density at radius 3 is 1.45 bits per heavy atom. The van der Waals surface area contributed by atoms with Crippen LogP contribution in [-0.2, 0) is 31.4 Å². The predicted octanol–water partition coefficient (Wildman–Crippen LogP) is 6.75. The Hall–Kier alpha value is -3.96. The molecule has 0 heterocycles. The van der Waals surface area contributed by atoms with Gasteiger partial charge in [0, 0.05) is 43.5 Å². The quantitative estimate of drug-likeness (QED) is 0.149. The van der Waals surface area contributed by atoms with E-state index in [0.29, 0.717) is 24.2 Å². The van der Waals surface area contributed by atoms with Gasteiger partial charge in [-0.05, 0) is 61.4 Å². The summed E-state index contributed by atoms with van der Waals surface area (Å²) < 4.78 is 87.6. The van der Waals surface area contributed by atoms with Crippen LogP contribution in [0, 0.1) is 0 Å². The maximum Gasteiger partial charge on any atom is 0.416 e. The van der Waals surface area contributed by atoms with Crippen molar-refractivity contribution in [1.29, 1.82) is 0 Å². The van der Waals surface area contributed by atoms with Crippen molar-refractivity contribution in [3.8, 4) is 0 Å². The van der Waals surface area contributed by atoms with E-state index in [-0.39, 0.29) is 11.4 Å². The molecule has 0 saturated carbocycles. The van der Waals surface area contributed by atoms with Crippen LogP contribution >= 0.6 is 0 Å². The first kappa shape index (κ1) is 30.3. The van der Waals surface area contributed by atoms with Crippen LogP contribution < -0.4 is 10.6 Å². The fraction of sp³-hybridized carbons (Fsp3) is 0.308. The van der Waals surface area contributed by atoms with Crippen molar-refractivity contribution in [3.63, 3.8) is 0 Å². The average Bonchev–Trinajstić information content (AvgIpc) is 2.81. The van der Waals surface area contributed by atoms with Crippen molar-refractivity contribution in [2.24, 2.45) is 0 Å². The van der Waals surface area contributed by atoms with Crippen LogP contribution in [0.5, 0.6) is 0 Å². The van der Waals surface area contributed by atoms with E-state index in [4.69, 9.17) is 9.47 Å². The molecule has 2 rings (SSSR count). The number of alkyl halides is 6. The van der Waals surface area contributed by atoms with Gasteiger partial charge in [0.1, 0.15) is 0 Å². The van der Waals surface area contributed by atoms with Gasteiger partial charge in [-0.15, -0.1) is 0 Å². The molecule has 38 heavy (non-hydrogen) atoms. The lowest BCUT2D eigenvalue weighted by molar-refractivity contribution is -0.177. The minimum Gasteiger partial charge on any atom is -0.422 e. The maximum atomic E-state index is 13.0. The molecular weight excluding hydrogens is 518 g/mol. The van der Waals surface area contributed by atoms with Crippen LogP contribution in [0.4, 0.5) is 37.7 Å². The molecule has 0 radical (unpaired) electrons. The Morgan fingerprint density at radius 2 is 1.13 bits per heavy atom. The van der Waals surface area contributed by atoms with Crippen LogP contribution in [0.3, 0.4) is 0 Å². The van der Waals surface area contributed by atoms with E-state index in [1.807, 2.05) is 0 Å². The van der Waals surface area contributed by atoms with E-state index in [9.17, 15) is 35.9 Å². The average molecular weight is 544 g/mol. The first-order chi connectivity index (χ1) is 17.7. The highest BCUT2D eigenvalue weighted by Gasteiger charge is 2.31. The van der Waals surface area contributed by atoms with Gasteiger partial charge in [0.15, 0.2) is 0 Å². The van der Waals surface area contributed by atoms with Crippen LogP contribution in [0.25, 0.3) is 12.2 Å². The normalized spacial score (nSPS) is 12.3. The monoisotopic (exact) mass is 544 g/mol. The van der Waals surface area contributed by atoms with Crippen molar-refractivity contribution in [1.82, 2.24) is 0 Å². The Labute approximate surface area is 215 Å². The number of rotatable bonds is 10. The molecule has 6 nitrogen and oxygen atoms in total. The van der Waals surface area contributed by atoms with Gasteiger partial charge >= 0.3 is 24.3 Å². The highest BCUT2D eigenvalue weighted by atomic mass is 19.4. The summed E-state index contributed by atoms with van der Waals surface area (Å²) in [5, 5.41) is 5.58. The standard InChI is InChI=1S/C26H26F6N2O4/c1-4-33-21-14-19(25(27,28)29)10-6-17(21)8-12-23(35)37-16(3)38-24(36)13-9-18-7-11-20(26(30,31)32)15-22(18)34-5-2/h6-16,33-34H,4-5H2,1-3H3/b12-8+,13-9+. The number of anilines is 2. The number of esters is 2. The van der Waals surface area contributed by atoms with Crippen molar-refractivity contribution in [3.05, 3.63) is 70.8 Å².